The van der Waals surface area contributed by atoms with Crippen LogP contribution in [0.2, 0.25) is 6.04 Å². The van der Waals surface area contributed by atoms with Crippen LogP contribution in [0, 0.1) is 6.92 Å². The Bertz CT molecular complexity index is 164. The van der Waals surface area contributed by atoms with Crippen molar-refractivity contribution in [3.63, 3.8) is 0 Å². The van der Waals surface area contributed by atoms with Crippen molar-refractivity contribution in [2.24, 2.45) is 17.2 Å². The Kier molecular flexibility index (Phi) is 22.2. The largest absolute Gasteiger partial charge is 0.500 e. The smallest absolute Gasteiger partial charge is 0.377 e. The van der Waals surface area contributed by atoms with Crippen LogP contribution in [-0.4, -0.2) is 49.3 Å². The SMILES string of the molecule is C=C.CO[Si](CCCC(N)CN)(OC)OC.[CH2]CN. The standard InChI is InChI=1S/C8H22N2O3Si.C2H6N.C2H4/c1-11-14(12-2,13-3)6-4-5-8(10)7-9;1-2-3;1-2/h8H,4-7,9-10H2,1-3H3;1-3H2;1-2H2. The molecule has 0 aliphatic carbocycles. The second-order valence-corrected chi connectivity index (χ2v) is 6.56. The zero-order valence-corrected chi connectivity index (χ0v) is 13.7. The molecule has 0 heterocycles. The predicted octanol–water partition coefficient (Wildman–Crippen LogP) is 0.512. The molecule has 0 amide bonds. The van der Waals surface area contributed by atoms with Gasteiger partial charge in [0, 0.05) is 40.0 Å². The van der Waals surface area contributed by atoms with Crippen molar-refractivity contribution in [1.82, 2.24) is 0 Å². The van der Waals surface area contributed by atoms with Crippen molar-refractivity contribution in [3.05, 3.63) is 20.1 Å². The average Bonchev–Trinajstić information content (AvgIpc) is 2.47. The molecular weight excluding hydrogens is 262 g/mol. The van der Waals surface area contributed by atoms with Gasteiger partial charge in [0.2, 0.25) is 0 Å². The maximum Gasteiger partial charge on any atom is 0.500 e. The lowest BCUT2D eigenvalue weighted by Gasteiger charge is -2.24. The minimum atomic E-state index is -2.39. The van der Waals surface area contributed by atoms with Crippen LogP contribution in [0.5, 0.6) is 0 Å². The molecule has 0 bridgehead atoms. The van der Waals surface area contributed by atoms with Crippen LogP contribution in [0.15, 0.2) is 13.2 Å². The molecule has 0 aliphatic rings. The Morgan fingerprint density at radius 3 is 1.68 bits per heavy atom. The number of nitrogens with two attached hydrogens (primary N) is 3. The van der Waals surface area contributed by atoms with Gasteiger partial charge in [-0.15, -0.1) is 13.2 Å². The van der Waals surface area contributed by atoms with Gasteiger partial charge in [-0.1, -0.05) is 0 Å². The number of hydrogen-bond acceptors (Lipinski definition) is 6. The van der Waals surface area contributed by atoms with E-state index in [9.17, 15) is 0 Å². The van der Waals surface area contributed by atoms with Gasteiger partial charge in [0.1, 0.15) is 0 Å². The van der Waals surface area contributed by atoms with E-state index in [0.29, 0.717) is 13.1 Å². The third-order valence-electron chi connectivity index (χ3n) is 2.29. The molecule has 0 rings (SSSR count). The first kappa shape index (κ1) is 23.8. The first-order valence-electron chi connectivity index (χ1n) is 6.16. The van der Waals surface area contributed by atoms with E-state index in [0.717, 1.165) is 18.9 Å². The van der Waals surface area contributed by atoms with E-state index in [1.54, 1.807) is 21.3 Å². The summed E-state index contributed by atoms with van der Waals surface area (Å²) in [6.45, 7) is 10.3. The summed E-state index contributed by atoms with van der Waals surface area (Å²) in [4.78, 5) is 0. The van der Waals surface area contributed by atoms with Crippen LogP contribution in [0.4, 0.5) is 0 Å². The highest BCUT2D eigenvalue weighted by atomic mass is 28.4. The molecule has 1 radical (unpaired) electrons. The quantitative estimate of drug-likeness (QED) is 0.445. The Morgan fingerprint density at radius 1 is 1.05 bits per heavy atom. The fourth-order valence-electron chi connectivity index (χ4n) is 1.25. The molecule has 19 heavy (non-hydrogen) atoms. The molecule has 117 valence electrons. The molecule has 6 nitrogen and oxygen atoms in total. The van der Waals surface area contributed by atoms with Crippen LogP contribution >= 0.6 is 0 Å². The van der Waals surface area contributed by atoms with Gasteiger partial charge < -0.3 is 30.5 Å². The molecule has 0 saturated carbocycles. The summed E-state index contributed by atoms with van der Waals surface area (Å²) in [6, 6.07) is 0.844. The van der Waals surface area contributed by atoms with Crippen molar-refractivity contribution in [2.75, 3.05) is 34.4 Å². The minimum absolute atomic E-state index is 0.0623. The second-order valence-electron chi connectivity index (χ2n) is 3.47. The lowest BCUT2D eigenvalue weighted by Crippen LogP contribution is -2.43. The molecule has 0 fully saturated rings. The molecule has 6 N–H and O–H groups in total. The van der Waals surface area contributed by atoms with Crippen LogP contribution in [-0.2, 0) is 13.3 Å². The first-order chi connectivity index (χ1) is 9.05. The maximum absolute atomic E-state index is 5.69. The number of rotatable bonds is 8. The molecular formula is C12H32N3O3Si. The Hall–Kier alpha value is -0.283. The normalized spacial score (nSPS) is 11.7. The summed E-state index contributed by atoms with van der Waals surface area (Å²) in [6.07, 6.45) is 1.79. The van der Waals surface area contributed by atoms with Crippen LogP contribution in [0.3, 0.4) is 0 Å². The van der Waals surface area contributed by atoms with Gasteiger partial charge in [-0.05, 0) is 26.3 Å². The van der Waals surface area contributed by atoms with Crippen molar-refractivity contribution < 1.29 is 13.3 Å². The first-order valence-corrected chi connectivity index (χ1v) is 8.09. The van der Waals surface area contributed by atoms with Crippen LogP contribution in [0.25, 0.3) is 0 Å². The van der Waals surface area contributed by atoms with E-state index in [1.807, 2.05) is 0 Å². The second kappa shape index (κ2) is 17.7. The average molecular weight is 294 g/mol. The van der Waals surface area contributed by atoms with Crippen LogP contribution < -0.4 is 17.2 Å². The number of hydrogen-bond donors (Lipinski definition) is 3. The zero-order valence-electron chi connectivity index (χ0n) is 12.7. The van der Waals surface area contributed by atoms with Crippen molar-refractivity contribution in [3.8, 4) is 0 Å². The molecule has 0 saturated heterocycles. The summed E-state index contributed by atoms with van der Waals surface area (Å²) in [7, 11) is 2.45. The third-order valence-corrected chi connectivity index (χ3v) is 5.13. The fraction of sp³-hybridized carbons (Fsp3) is 0.750. The lowest BCUT2D eigenvalue weighted by molar-refractivity contribution is 0.122. The fourth-order valence-corrected chi connectivity index (χ4v) is 3.00. The van der Waals surface area contributed by atoms with Gasteiger partial charge in [0.05, 0.1) is 0 Å². The van der Waals surface area contributed by atoms with E-state index in [-0.39, 0.29) is 6.04 Å². The Labute approximate surface area is 119 Å². The van der Waals surface area contributed by atoms with E-state index in [1.165, 1.54) is 0 Å². The van der Waals surface area contributed by atoms with E-state index >= 15 is 0 Å². The summed E-state index contributed by atoms with van der Waals surface area (Å²) in [5, 5.41) is 0. The topological polar surface area (TPSA) is 106 Å². The Balaban J connectivity index is -0.000000445. The highest BCUT2D eigenvalue weighted by Crippen LogP contribution is 2.16. The van der Waals surface area contributed by atoms with Gasteiger partial charge in [0.25, 0.3) is 0 Å². The third kappa shape index (κ3) is 13.9. The van der Waals surface area contributed by atoms with Gasteiger partial charge in [-0.3, -0.25) is 0 Å². The van der Waals surface area contributed by atoms with Gasteiger partial charge in [-0.2, -0.15) is 0 Å². The summed E-state index contributed by atoms with van der Waals surface area (Å²) >= 11 is 0. The molecule has 0 aromatic heterocycles. The molecule has 7 heteroatoms. The monoisotopic (exact) mass is 294 g/mol. The maximum atomic E-state index is 5.69. The highest BCUT2D eigenvalue weighted by molar-refractivity contribution is 6.60. The van der Waals surface area contributed by atoms with Crippen molar-refractivity contribution in [2.45, 2.75) is 24.9 Å². The van der Waals surface area contributed by atoms with Gasteiger partial charge in [0.15, 0.2) is 0 Å². The summed E-state index contributed by atoms with van der Waals surface area (Å²) < 4.78 is 15.8. The van der Waals surface area contributed by atoms with E-state index in [4.69, 9.17) is 30.5 Å². The molecule has 0 aromatic rings. The molecule has 1 unspecified atom stereocenters. The van der Waals surface area contributed by atoms with Crippen molar-refractivity contribution >= 4 is 8.80 Å². The molecule has 0 aliphatic heterocycles. The lowest BCUT2D eigenvalue weighted by atomic mass is 10.2. The predicted molar refractivity (Wildman–Crippen MR) is 83.5 cm³/mol. The molecule has 0 spiro atoms. The Morgan fingerprint density at radius 2 is 1.42 bits per heavy atom. The van der Waals surface area contributed by atoms with Crippen LogP contribution in [0.1, 0.15) is 12.8 Å². The van der Waals surface area contributed by atoms with E-state index < -0.39 is 8.80 Å². The van der Waals surface area contributed by atoms with Gasteiger partial charge in [-0.25, -0.2) is 0 Å². The molecule has 1 atom stereocenters. The summed E-state index contributed by atoms with van der Waals surface area (Å²) in [5.41, 5.74) is 15.8. The molecule has 0 aromatic carbocycles. The highest BCUT2D eigenvalue weighted by Gasteiger charge is 2.36. The summed E-state index contributed by atoms with van der Waals surface area (Å²) in [5.74, 6) is 0. The van der Waals surface area contributed by atoms with Crippen molar-refractivity contribution in [1.29, 1.82) is 0 Å². The van der Waals surface area contributed by atoms with E-state index in [2.05, 4.69) is 20.1 Å². The zero-order chi connectivity index (χ0) is 15.7. The minimum Gasteiger partial charge on any atom is -0.377 e. The van der Waals surface area contributed by atoms with Gasteiger partial charge >= 0.3 is 8.80 Å².